The van der Waals surface area contributed by atoms with E-state index in [-0.39, 0.29) is 17.8 Å². The molecule has 0 aliphatic carbocycles. The van der Waals surface area contributed by atoms with Crippen LogP contribution < -0.4 is 5.73 Å². The molecule has 88 valence electrons. The van der Waals surface area contributed by atoms with E-state index < -0.39 is 11.8 Å². The summed E-state index contributed by atoms with van der Waals surface area (Å²) in [6, 6.07) is 6.03. The molecule has 1 heterocycles. The fourth-order valence-electron chi connectivity index (χ4n) is 1.60. The number of benzene rings is 1. The lowest BCUT2D eigenvalue weighted by atomic mass is 10.0. The highest BCUT2D eigenvalue weighted by atomic mass is 19.1. The molecule has 0 amide bonds. The molecule has 17 heavy (non-hydrogen) atoms. The molecule has 2 rings (SSSR count). The molecule has 4 N–H and O–H groups in total. The molecule has 0 saturated carbocycles. The van der Waals surface area contributed by atoms with Crippen molar-refractivity contribution in [1.29, 1.82) is 0 Å². The number of aromatic nitrogens is 2. The minimum Gasteiger partial charge on any atom is -0.481 e. The van der Waals surface area contributed by atoms with E-state index in [1.54, 1.807) is 12.1 Å². The normalized spacial score (nSPS) is 10.4. The molecule has 0 spiro atoms. The van der Waals surface area contributed by atoms with E-state index in [1.807, 2.05) is 0 Å². The number of carboxylic acids is 1. The number of aromatic amines is 1. The summed E-state index contributed by atoms with van der Waals surface area (Å²) in [6.45, 7) is 0. The number of nitrogen functional groups attached to an aromatic ring is 1. The maximum absolute atomic E-state index is 13.6. The third-order valence-electron chi connectivity index (χ3n) is 2.37. The predicted molar refractivity (Wildman–Crippen MR) is 59.7 cm³/mol. The van der Waals surface area contributed by atoms with Crippen LogP contribution in [0.15, 0.2) is 24.3 Å². The standard InChI is InChI=1S/C11H10FN3O2/c12-8-4-2-1-3-6(8)10-7(5-9(16)17)11(13)15-14-10/h1-4H,5H2,(H,16,17)(H3,13,14,15). The molecule has 0 aliphatic heterocycles. The first-order valence-electron chi connectivity index (χ1n) is 4.89. The Morgan fingerprint density at radius 2 is 2.18 bits per heavy atom. The fraction of sp³-hybridized carbons (Fsp3) is 0.0909. The predicted octanol–water partition coefficient (Wildman–Crippen LogP) is 1.43. The van der Waals surface area contributed by atoms with Crippen molar-refractivity contribution in [3.05, 3.63) is 35.6 Å². The molecule has 2 aromatic rings. The van der Waals surface area contributed by atoms with E-state index in [0.717, 1.165) is 0 Å². The van der Waals surface area contributed by atoms with Gasteiger partial charge in [0.2, 0.25) is 0 Å². The van der Waals surface area contributed by atoms with Gasteiger partial charge in [0.25, 0.3) is 0 Å². The lowest BCUT2D eigenvalue weighted by Crippen LogP contribution is -2.03. The van der Waals surface area contributed by atoms with Gasteiger partial charge < -0.3 is 10.8 Å². The first-order chi connectivity index (χ1) is 8.09. The fourth-order valence-corrected chi connectivity index (χ4v) is 1.60. The second-order valence-electron chi connectivity index (χ2n) is 3.51. The van der Waals surface area contributed by atoms with Crippen LogP contribution in [0.1, 0.15) is 5.56 Å². The molecule has 0 atom stereocenters. The van der Waals surface area contributed by atoms with Gasteiger partial charge in [-0.25, -0.2) is 4.39 Å². The highest BCUT2D eigenvalue weighted by Gasteiger charge is 2.17. The summed E-state index contributed by atoms with van der Waals surface area (Å²) in [6.07, 6.45) is -0.300. The Kier molecular flexibility index (Phi) is 2.78. The number of hydrogen-bond donors (Lipinski definition) is 3. The van der Waals surface area contributed by atoms with E-state index >= 15 is 0 Å². The number of halogens is 1. The summed E-state index contributed by atoms with van der Waals surface area (Å²) < 4.78 is 13.6. The molecular weight excluding hydrogens is 225 g/mol. The van der Waals surface area contributed by atoms with Crippen LogP contribution in [0.4, 0.5) is 10.2 Å². The van der Waals surface area contributed by atoms with Crippen molar-refractivity contribution in [2.75, 3.05) is 5.73 Å². The van der Waals surface area contributed by atoms with E-state index in [9.17, 15) is 9.18 Å². The van der Waals surface area contributed by atoms with Gasteiger partial charge in [-0.15, -0.1) is 0 Å². The number of nitrogens with one attached hydrogen (secondary N) is 1. The van der Waals surface area contributed by atoms with E-state index in [1.165, 1.54) is 12.1 Å². The number of rotatable bonds is 3. The first kappa shape index (κ1) is 11.1. The molecule has 0 unspecified atom stereocenters. The van der Waals surface area contributed by atoms with Gasteiger partial charge in [-0.2, -0.15) is 5.10 Å². The minimum atomic E-state index is -1.05. The topological polar surface area (TPSA) is 92.0 Å². The Bertz CT molecular complexity index is 566. The molecule has 1 aromatic heterocycles. The third-order valence-corrected chi connectivity index (χ3v) is 2.37. The van der Waals surface area contributed by atoms with Gasteiger partial charge in [0.15, 0.2) is 0 Å². The van der Waals surface area contributed by atoms with Gasteiger partial charge >= 0.3 is 5.97 Å². The quantitative estimate of drug-likeness (QED) is 0.750. The molecule has 6 heteroatoms. The second-order valence-corrected chi connectivity index (χ2v) is 3.51. The molecule has 5 nitrogen and oxygen atoms in total. The zero-order valence-corrected chi connectivity index (χ0v) is 8.77. The van der Waals surface area contributed by atoms with Crippen LogP contribution in [0.5, 0.6) is 0 Å². The molecule has 0 fully saturated rings. The summed E-state index contributed by atoms with van der Waals surface area (Å²) in [5.74, 6) is -1.43. The number of carboxylic acid groups (broad SMARTS) is 1. The molecule has 0 bridgehead atoms. The number of H-pyrrole nitrogens is 1. The van der Waals surface area contributed by atoms with E-state index in [2.05, 4.69) is 10.2 Å². The summed E-state index contributed by atoms with van der Waals surface area (Å²) in [7, 11) is 0. The highest BCUT2D eigenvalue weighted by Crippen LogP contribution is 2.27. The number of hydrogen-bond acceptors (Lipinski definition) is 3. The monoisotopic (exact) mass is 235 g/mol. The summed E-state index contributed by atoms with van der Waals surface area (Å²) >= 11 is 0. The van der Waals surface area contributed by atoms with Gasteiger partial charge in [-0.05, 0) is 12.1 Å². The van der Waals surface area contributed by atoms with Gasteiger partial charge in [0, 0.05) is 11.1 Å². The highest BCUT2D eigenvalue weighted by molar-refractivity contribution is 5.78. The Balaban J connectivity index is 2.53. The van der Waals surface area contributed by atoms with Gasteiger partial charge in [-0.1, -0.05) is 12.1 Å². The summed E-state index contributed by atoms with van der Waals surface area (Å²) in [5.41, 5.74) is 6.41. The SMILES string of the molecule is Nc1n[nH]c(-c2ccccc2F)c1CC(=O)O. The van der Waals surface area contributed by atoms with Crippen LogP contribution in [0.3, 0.4) is 0 Å². The van der Waals surface area contributed by atoms with Crippen molar-refractivity contribution in [1.82, 2.24) is 10.2 Å². The van der Waals surface area contributed by atoms with Crippen LogP contribution in [0.2, 0.25) is 0 Å². The Labute approximate surface area is 96.1 Å². The zero-order chi connectivity index (χ0) is 12.4. The largest absolute Gasteiger partial charge is 0.481 e. The number of aliphatic carboxylic acids is 1. The molecular formula is C11H10FN3O2. The average molecular weight is 235 g/mol. The second kappa shape index (κ2) is 4.25. The maximum Gasteiger partial charge on any atom is 0.308 e. The lowest BCUT2D eigenvalue weighted by molar-refractivity contribution is -0.136. The van der Waals surface area contributed by atoms with Gasteiger partial charge in [0.05, 0.1) is 12.1 Å². The summed E-state index contributed by atoms with van der Waals surface area (Å²) in [5, 5.41) is 15.0. The van der Waals surface area contributed by atoms with Crippen LogP contribution >= 0.6 is 0 Å². The van der Waals surface area contributed by atoms with Crippen molar-refractivity contribution in [2.24, 2.45) is 0 Å². The lowest BCUT2D eigenvalue weighted by Gasteiger charge is -2.03. The third kappa shape index (κ3) is 2.10. The van der Waals surface area contributed by atoms with Gasteiger partial charge in [0.1, 0.15) is 11.6 Å². The van der Waals surface area contributed by atoms with E-state index in [0.29, 0.717) is 11.3 Å². The number of carbonyl (C=O) groups is 1. The van der Waals surface area contributed by atoms with Crippen LogP contribution in [0.25, 0.3) is 11.3 Å². The van der Waals surface area contributed by atoms with Crippen LogP contribution in [-0.4, -0.2) is 21.3 Å². The van der Waals surface area contributed by atoms with Crippen LogP contribution in [-0.2, 0) is 11.2 Å². The van der Waals surface area contributed by atoms with Gasteiger partial charge in [-0.3, -0.25) is 9.89 Å². The van der Waals surface area contributed by atoms with Crippen LogP contribution in [0, 0.1) is 5.82 Å². The smallest absolute Gasteiger partial charge is 0.308 e. The van der Waals surface area contributed by atoms with E-state index in [4.69, 9.17) is 10.8 Å². The number of anilines is 1. The minimum absolute atomic E-state index is 0.0747. The summed E-state index contributed by atoms with van der Waals surface area (Å²) in [4.78, 5) is 10.7. The molecule has 0 radical (unpaired) electrons. The number of nitrogens with zero attached hydrogens (tertiary/aromatic N) is 1. The molecule has 0 aliphatic rings. The average Bonchev–Trinajstić information content (AvgIpc) is 2.61. The number of nitrogens with two attached hydrogens (primary N) is 1. The van der Waals surface area contributed by atoms with Crippen molar-refractivity contribution in [3.8, 4) is 11.3 Å². The van der Waals surface area contributed by atoms with Crippen molar-refractivity contribution in [2.45, 2.75) is 6.42 Å². The Morgan fingerprint density at radius 3 is 2.82 bits per heavy atom. The Hall–Kier alpha value is -2.37. The Morgan fingerprint density at radius 1 is 1.47 bits per heavy atom. The first-order valence-corrected chi connectivity index (χ1v) is 4.89. The van der Waals surface area contributed by atoms with Crippen molar-refractivity contribution >= 4 is 11.8 Å². The maximum atomic E-state index is 13.6. The molecule has 1 aromatic carbocycles. The zero-order valence-electron chi connectivity index (χ0n) is 8.77. The van der Waals surface area contributed by atoms with Crippen molar-refractivity contribution in [3.63, 3.8) is 0 Å². The molecule has 0 saturated heterocycles. The van der Waals surface area contributed by atoms with Crippen molar-refractivity contribution < 1.29 is 14.3 Å².